The molecule has 0 saturated carbocycles. The molecule has 6 nitrogen and oxygen atoms in total. The molecule has 0 aliphatic carbocycles. The van der Waals surface area contributed by atoms with Gasteiger partial charge in [-0.15, -0.1) is 11.3 Å². The Morgan fingerprint density at radius 3 is 2.72 bits per heavy atom. The average Bonchev–Trinajstić information content (AvgIpc) is 3.18. The van der Waals surface area contributed by atoms with Gasteiger partial charge in [0.25, 0.3) is 0 Å². The molecule has 2 heterocycles. The molecule has 3 rings (SSSR count). The van der Waals surface area contributed by atoms with E-state index in [2.05, 4.69) is 11.9 Å². The van der Waals surface area contributed by atoms with Gasteiger partial charge in [-0.1, -0.05) is 13.3 Å². The third-order valence-electron chi connectivity index (χ3n) is 5.07. The number of nitrogens with zero attached hydrogens (tertiary/aromatic N) is 3. The molecule has 2 aromatic rings. The molecule has 158 valence electrons. The van der Waals surface area contributed by atoms with E-state index < -0.39 is 10.0 Å². The van der Waals surface area contributed by atoms with Crippen molar-refractivity contribution in [2.45, 2.75) is 32.6 Å². The number of sulfonamides is 1. The summed E-state index contributed by atoms with van der Waals surface area (Å²) in [6, 6.07) is 6.10. The Labute approximate surface area is 175 Å². The van der Waals surface area contributed by atoms with Gasteiger partial charge in [-0.05, 0) is 43.5 Å². The lowest BCUT2D eigenvalue weighted by atomic mass is 9.98. The molecule has 1 aromatic carbocycles. The summed E-state index contributed by atoms with van der Waals surface area (Å²) >= 11 is 1.37. The second-order valence-electron chi connectivity index (χ2n) is 7.33. The van der Waals surface area contributed by atoms with Gasteiger partial charge in [0, 0.05) is 30.6 Å². The highest BCUT2D eigenvalue weighted by atomic mass is 32.2. The second-order valence-corrected chi connectivity index (χ2v) is 10.1. The normalized spacial score (nSPS) is 18.0. The number of benzene rings is 1. The zero-order valence-corrected chi connectivity index (χ0v) is 18.3. The number of hydrogen-bond acceptors (Lipinski definition) is 5. The van der Waals surface area contributed by atoms with Gasteiger partial charge in [0.15, 0.2) is 5.13 Å². The molecule has 0 bridgehead atoms. The van der Waals surface area contributed by atoms with E-state index in [1.165, 1.54) is 34.0 Å². The lowest BCUT2D eigenvalue weighted by molar-refractivity contribution is -0.123. The molecular weight excluding hydrogens is 413 g/mol. The largest absolute Gasteiger partial charge is 0.288 e. The summed E-state index contributed by atoms with van der Waals surface area (Å²) in [7, 11) is -3.32. The van der Waals surface area contributed by atoms with Crippen LogP contribution < -0.4 is 4.90 Å². The van der Waals surface area contributed by atoms with Crippen molar-refractivity contribution in [2.75, 3.05) is 30.8 Å². The van der Waals surface area contributed by atoms with Crippen LogP contribution in [0.1, 0.15) is 32.6 Å². The first-order chi connectivity index (χ1) is 13.8. The van der Waals surface area contributed by atoms with Crippen molar-refractivity contribution in [3.63, 3.8) is 0 Å². The lowest BCUT2D eigenvalue weighted by Crippen LogP contribution is -2.46. The van der Waals surface area contributed by atoms with E-state index in [-0.39, 0.29) is 24.2 Å². The molecular formula is C20H26FN3O3S2. The van der Waals surface area contributed by atoms with Crippen molar-refractivity contribution in [3.05, 3.63) is 35.5 Å². The molecule has 1 fully saturated rings. The summed E-state index contributed by atoms with van der Waals surface area (Å²) in [4.78, 5) is 19.6. The van der Waals surface area contributed by atoms with Crippen molar-refractivity contribution in [3.8, 4) is 11.3 Å². The van der Waals surface area contributed by atoms with Crippen LogP contribution in [-0.4, -0.2) is 49.5 Å². The van der Waals surface area contributed by atoms with Crippen LogP contribution >= 0.6 is 11.3 Å². The molecule has 0 spiro atoms. The third kappa shape index (κ3) is 5.40. The fourth-order valence-corrected chi connectivity index (χ4v) is 5.20. The van der Waals surface area contributed by atoms with Crippen LogP contribution in [0, 0.1) is 11.7 Å². The van der Waals surface area contributed by atoms with Gasteiger partial charge in [0.2, 0.25) is 15.9 Å². The summed E-state index contributed by atoms with van der Waals surface area (Å²) in [5.74, 6) is -0.753. The van der Waals surface area contributed by atoms with Crippen molar-refractivity contribution >= 4 is 32.4 Å². The number of amides is 1. The Bertz CT molecular complexity index is 944. The maximum Gasteiger partial charge on any atom is 0.233 e. The van der Waals surface area contributed by atoms with E-state index in [4.69, 9.17) is 0 Å². The number of carbonyl (C=O) groups excluding carboxylic acids is 1. The quantitative estimate of drug-likeness (QED) is 0.659. The Morgan fingerprint density at radius 1 is 1.34 bits per heavy atom. The highest BCUT2D eigenvalue weighted by Gasteiger charge is 2.33. The van der Waals surface area contributed by atoms with Crippen molar-refractivity contribution in [1.82, 2.24) is 9.29 Å². The monoisotopic (exact) mass is 439 g/mol. The van der Waals surface area contributed by atoms with Crippen molar-refractivity contribution in [1.29, 1.82) is 0 Å². The molecule has 1 aromatic heterocycles. The number of anilines is 1. The van der Waals surface area contributed by atoms with Crippen LogP contribution in [0.15, 0.2) is 29.6 Å². The minimum Gasteiger partial charge on any atom is -0.288 e. The third-order valence-corrected chi connectivity index (χ3v) is 7.20. The SMILES string of the molecule is CCCCN(C(=O)C1CCCN(S(C)(=O)=O)C1)c1nc(-c2ccc(F)cc2)cs1. The molecule has 1 aliphatic heterocycles. The second kappa shape index (κ2) is 9.32. The van der Waals surface area contributed by atoms with Crippen LogP contribution in [0.5, 0.6) is 0 Å². The Kier molecular flexibility index (Phi) is 7.02. The maximum absolute atomic E-state index is 13.3. The van der Waals surface area contributed by atoms with Gasteiger partial charge in [-0.2, -0.15) is 0 Å². The van der Waals surface area contributed by atoms with E-state index in [0.29, 0.717) is 36.8 Å². The summed E-state index contributed by atoms with van der Waals surface area (Å²) in [6.07, 6.45) is 4.29. The first-order valence-electron chi connectivity index (χ1n) is 9.77. The molecule has 1 unspecified atom stereocenters. The van der Waals surface area contributed by atoms with Gasteiger partial charge in [0.05, 0.1) is 17.9 Å². The number of unbranched alkanes of at least 4 members (excludes halogenated alkanes) is 1. The minimum absolute atomic E-state index is 0.0770. The van der Waals surface area contributed by atoms with Gasteiger partial charge >= 0.3 is 0 Å². The summed E-state index contributed by atoms with van der Waals surface area (Å²) < 4.78 is 38.4. The number of carbonyl (C=O) groups is 1. The molecule has 0 radical (unpaired) electrons. The fourth-order valence-electron chi connectivity index (χ4n) is 3.42. The van der Waals surface area contributed by atoms with Crippen LogP contribution in [0.25, 0.3) is 11.3 Å². The predicted molar refractivity (Wildman–Crippen MR) is 114 cm³/mol. The number of hydrogen-bond donors (Lipinski definition) is 0. The van der Waals surface area contributed by atoms with Crippen LogP contribution in [-0.2, 0) is 14.8 Å². The van der Waals surface area contributed by atoms with Gasteiger partial charge in [0.1, 0.15) is 5.82 Å². The number of thiazole rings is 1. The molecule has 1 saturated heterocycles. The first kappa shape index (κ1) is 21.9. The van der Waals surface area contributed by atoms with Crippen molar-refractivity contribution < 1.29 is 17.6 Å². The van der Waals surface area contributed by atoms with Gasteiger partial charge in [-0.3, -0.25) is 9.69 Å². The summed E-state index contributed by atoms with van der Waals surface area (Å²) in [6.45, 7) is 3.28. The molecule has 1 amide bonds. The van der Waals surface area contributed by atoms with Crippen LogP contribution in [0.2, 0.25) is 0 Å². The van der Waals surface area contributed by atoms with Gasteiger partial charge in [-0.25, -0.2) is 22.1 Å². The number of halogens is 1. The Balaban J connectivity index is 1.82. The fraction of sp³-hybridized carbons (Fsp3) is 0.500. The highest BCUT2D eigenvalue weighted by Crippen LogP contribution is 2.30. The van der Waals surface area contributed by atoms with E-state index in [0.717, 1.165) is 18.4 Å². The number of piperidine rings is 1. The van der Waals surface area contributed by atoms with Crippen LogP contribution in [0.3, 0.4) is 0 Å². The molecule has 1 atom stereocenters. The van der Waals surface area contributed by atoms with E-state index in [1.807, 2.05) is 5.38 Å². The smallest absolute Gasteiger partial charge is 0.233 e. The van der Waals surface area contributed by atoms with E-state index in [9.17, 15) is 17.6 Å². The zero-order valence-electron chi connectivity index (χ0n) is 16.7. The van der Waals surface area contributed by atoms with E-state index >= 15 is 0 Å². The standard InChI is InChI=1S/C20H26FN3O3S2/c1-3-4-12-24(19(25)16-6-5-11-23(13-16)29(2,26)27)20-22-18(14-28-20)15-7-9-17(21)10-8-15/h7-10,14,16H,3-6,11-13H2,1-2H3. The van der Waals surface area contributed by atoms with Crippen LogP contribution in [0.4, 0.5) is 9.52 Å². The predicted octanol–water partition coefficient (Wildman–Crippen LogP) is 3.75. The molecule has 1 aliphatic rings. The Hall–Kier alpha value is -1.84. The molecule has 9 heteroatoms. The average molecular weight is 440 g/mol. The summed E-state index contributed by atoms with van der Waals surface area (Å²) in [5.41, 5.74) is 1.48. The topological polar surface area (TPSA) is 70.6 Å². The zero-order chi connectivity index (χ0) is 21.0. The molecule has 0 N–H and O–H groups in total. The lowest BCUT2D eigenvalue weighted by Gasteiger charge is -2.33. The van der Waals surface area contributed by atoms with E-state index in [1.54, 1.807) is 17.0 Å². The Morgan fingerprint density at radius 2 is 2.07 bits per heavy atom. The maximum atomic E-state index is 13.3. The van der Waals surface area contributed by atoms with Gasteiger partial charge < -0.3 is 0 Å². The molecule has 29 heavy (non-hydrogen) atoms. The number of aromatic nitrogens is 1. The minimum atomic E-state index is -3.32. The first-order valence-corrected chi connectivity index (χ1v) is 12.5. The summed E-state index contributed by atoms with van der Waals surface area (Å²) in [5, 5.41) is 2.46. The highest BCUT2D eigenvalue weighted by molar-refractivity contribution is 7.88. The number of rotatable bonds is 7. The van der Waals surface area contributed by atoms with Crippen molar-refractivity contribution in [2.24, 2.45) is 5.92 Å².